The van der Waals surface area contributed by atoms with E-state index in [-0.39, 0.29) is 11.3 Å². The molecule has 1 fully saturated rings. The number of hydrogen-bond acceptors (Lipinski definition) is 3. The van der Waals surface area contributed by atoms with Crippen LogP contribution in [0.2, 0.25) is 0 Å². The molecular weight excluding hydrogens is 321 g/mol. The number of aliphatic hydroxyl groups is 1. The van der Waals surface area contributed by atoms with Gasteiger partial charge in [0.1, 0.15) is 0 Å². The van der Waals surface area contributed by atoms with Crippen molar-refractivity contribution >= 4 is 16.8 Å². The Morgan fingerprint density at radius 2 is 2.00 bits per heavy atom. The zero-order valence-electron chi connectivity index (χ0n) is 12.7. The number of rotatable bonds is 5. The first-order valence-electron chi connectivity index (χ1n) is 7.30. The van der Waals surface area contributed by atoms with Crippen LogP contribution in [0.15, 0.2) is 0 Å². The minimum Gasteiger partial charge on any atom is -0.382 e. The molecule has 2 N–H and O–H groups in total. The molecule has 0 aromatic heterocycles. The van der Waals surface area contributed by atoms with E-state index in [1.54, 1.807) is 6.92 Å². The maximum atomic E-state index is 12.3. The topological polar surface area (TPSA) is 69.6 Å². The minimum absolute atomic E-state index is 0.163. The lowest BCUT2D eigenvalue weighted by Crippen LogP contribution is -2.52. The second-order valence-electron chi connectivity index (χ2n) is 5.49. The van der Waals surface area contributed by atoms with Crippen molar-refractivity contribution in [3.63, 3.8) is 0 Å². The minimum atomic E-state index is -4.76. The number of carbonyl (C=O) groups is 1. The van der Waals surface area contributed by atoms with Crippen LogP contribution >= 0.6 is 0 Å². The number of urea groups is 1. The number of hydrogen-bond donors (Lipinski definition) is 2. The van der Waals surface area contributed by atoms with Gasteiger partial charge < -0.3 is 15.3 Å². The molecule has 0 bridgehead atoms. The Labute approximate surface area is 130 Å². The zero-order chi connectivity index (χ0) is 16.9. The quantitative estimate of drug-likeness (QED) is 0.796. The normalized spacial score (nSPS) is 25.4. The van der Waals surface area contributed by atoms with Gasteiger partial charge in [0, 0.05) is 29.6 Å². The van der Waals surface area contributed by atoms with Gasteiger partial charge in [-0.1, -0.05) is 19.8 Å². The Morgan fingerprint density at radius 3 is 2.55 bits per heavy atom. The summed E-state index contributed by atoms with van der Waals surface area (Å²) >= 11 is 0. The number of nitrogens with zero attached hydrogens (tertiary/aromatic N) is 1. The van der Waals surface area contributed by atoms with E-state index in [0.717, 1.165) is 24.2 Å². The molecule has 0 aromatic rings. The van der Waals surface area contributed by atoms with E-state index >= 15 is 0 Å². The van der Waals surface area contributed by atoms with Gasteiger partial charge in [-0.2, -0.15) is 13.2 Å². The highest BCUT2D eigenvalue weighted by molar-refractivity contribution is 7.85. The Balaban J connectivity index is 2.60. The number of halogens is 3. The largest absolute Gasteiger partial charge is 0.416 e. The molecule has 1 aliphatic rings. The zero-order valence-corrected chi connectivity index (χ0v) is 13.5. The van der Waals surface area contributed by atoms with Gasteiger partial charge in [0.05, 0.1) is 11.8 Å². The molecule has 0 radical (unpaired) electrons. The van der Waals surface area contributed by atoms with Gasteiger partial charge in [-0.05, 0) is 12.8 Å². The molecule has 1 aliphatic carbocycles. The molecule has 4 unspecified atom stereocenters. The fourth-order valence-corrected chi connectivity index (χ4v) is 3.93. The van der Waals surface area contributed by atoms with E-state index in [4.69, 9.17) is 5.11 Å². The average molecular weight is 344 g/mol. The van der Waals surface area contributed by atoms with Crippen molar-refractivity contribution in [2.24, 2.45) is 0 Å². The molecule has 2 amide bonds. The van der Waals surface area contributed by atoms with E-state index in [1.807, 2.05) is 0 Å². The second kappa shape index (κ2) is 8.14. The summed E-state index contributed by atoms with van der Waals surface area (Å²) in [5.41, 5.74) is 0. The van der Waals surface area contributed by atoms with Crippen molar-refractivity contribution in [3.05, 3.63) is 0 Å². The third kappa shape index (κ3) is 5.42. The molecule has 0 aromatic carbocycles. The summed E-state index contributed by atoms with van der Waals surface area (Å²) in [7, 11) is 0.133. The average Bonchev–Trinajstić information content (AvgIpc) is 2.45. The summed E-state index contributed by atoms with van der Waals surface area (Å²) in [6.45, 7) is 0.971. The first kappa shape index (κ1) is 19.2. The summed E-state index contributed by atoms with van der Waals surface area (Å²) in [5, 5.41) is 11.5. The van der Waals surface area contributed by atoms with Gasteiger partial charge in [-0.15, -0.1) is 0 Å². The molecule has 0 heterocycles. The molecular formula is C13H23F3N2O3S. The lowest BCUT2D eigenvalue weighted by Gasteiger charge is -2.33. The Hall–Kier alpha value is -0.830. The van der Waals surface area contributed by atoms with Crippen molar-refractivity contribution in [1.82, 2.24) is 10.2 Å². The summed E-state index contributed by atoms with van der Waals surface area (Å²) in [6, 6.07) is -0.985. The van der Waals surface area contributed by atoms with E-state index in [0.29, 0.717) is 12.2 Å². The van der Waals surface area contributed by atoms with Crippen LogP contribution in [0.4, 0.5) is 18.0 Å². The van der Waals surface area contributed by atoms with Crippen LogP contribution in [-0.4, -0.2) is 63.2 Å². The van der Waals surface area contributed by atoms with Crippen LogP contribution in [0.1, 0.15) is 32.6 Å². The number of aliphatic hydroxyl groups excluding tert-OH is 1. The molecule has 22 heavy (non-hydrogen) atoms. The Kier molecular flexibility index (Phi) is 7.11. The number of carbonyl (C=O) groups excluding carboxylic acids is 1. The van der Waals surface area contributed by atoms with Crippen LogP contribution in [0, 0.1) is 0 Å². The number of alkyl halides is 3. The number of likely N-dealkylation sites (N-methyl/N-ethyl adjacent to an activating group) is 1. The van der Waals surface area contributed by atoms with Gasteiger partial charge in [-0.25, -0.2) is 4.79 Å². The van der Waals surface area contributed by atoms with Crippen molar-refractivity contribution in [3.8, 4) is 0 Å². The van der Waals surface area contributed by atoms with Gasteiger partial charge in [0.2, 0.25) is 0 Å². The lowest BCUT2D eigenvalue weighted by atomic mass is 9.95. The number of amides is 2. The molecule has 5 nitrogen and oxygen atoms in total. The standard InChI is InChI=1S/C13H23F3N2O3S/c1-3-22(21)10-7-5-4-6-9(10)17-12(20)18(2)8-11(19)13(14,15)16/h9-11,19H,3-8H2,1-2H3,(H,17,20). The smallest absolute Gasteiger partial charge is 0.382 e. The van der Waals surface area contributed by atoms with Crippen LogP contribution in [0.25, 0.3) is 0 Å². The Bertz CT molecular complexity index is 406. The number of nitrogens with one attached hydrogen (secondary N) is 1. The third-order valence-corrected chi connectivity index (χ3v) is 5.61. The Morgan fingerprint density at radius 1 is 1.41 bits per heavy atom. The second-order valence-corrected chi connectivity index (χ2v) is 7.43. The van der Waals surface area contributed by atoms with Crippen molar-refractivity contribution in [1.29, 1.82) is 0 Å². The van der Waals surface area contributed by atoms with E-state index in [1.165, 1.54) is 7.05 Å². The highest BCUT2D eigenvalue weighted by Gasteiger charge is 2.40. The lowest BCUT2D eigenvalue weighted by molar-refractivity contribution is -0.205. The van der Waals surface area contributed by atoms with Crippen LogP contribution < -0.4 is 5.32 Å². The summed E-state index contributed by atoms with van der Waals surface area (Å²) < 4.78 is 48.9. The molecule has 0 spiro atoms. The summed E-state index contributed by atoms with van der Waals surface area (Å²) in [4.78, 5) is 12.8. The maximum absolute atomic E-state index is 12.3. The fraction of sp³-hybridized carbons (Fsp3) is 0.923. The predicted octanol–water partition coefficient (Wildman–Crippen LogP) is 1.63. The van der Waals surface area contributed by atoms with Gasteiger partial charge in [0.25, 0.3) is 0 Å². The summed E-state index contributed by atoms with van der Waals surface area (Å²) in [6.07, 6.45) is -4.11. The van der Waals surface area contributed by atoms with Gasteiger partial charge in [0.15, 0.2) is 6.10 Å². The van der Waals surface area contributed by atoms with Crippen molar-refractivity contribution in [2.75, 3.05) is 19.3 Å². The molecule has 1 saturated carbocycles. The van der Waals surface area contributed by atoms with E-state index in [9.17, 15) is 22.2 Å². The molecule has 0 saturated heterocycles. The fourth-order valence-electron chi connectivity index (χ4n) is 2.51. The van der Waals surface area contributed by atoms with Gasteiger partial charge >= 0.3 is 12.2 Å². The van der Waals surface area contributed by atoms with Crippen molar-refractivity contribution in [2.45, 2.75) is 56.2 Å². The molecule has 9 heteroatoms. The van der Waals surface area contributed by atoms with Gasteiger partial charge in [-0.3, -0.25) is 4.21 Å². The highest BCUT2D eigenvalue weighted by atomic mass is 32.2. The third-order valence-electron chi connectivity index (χ3n) is 3.80. The molecule has 0 aliphatic heterocycles. The van der Waals surface area contributed by atoms with Crippen LogP contribution in [0.3, 0.4) is 0 Å². The molecule has 4 atom stereocenters. The van der Waals surface area contributed by atoms with E-state index < -0.39 is 35.7 Å². The maximum Gasteiger partial charge on any atom is 0.416 e. The molecule has 130 valence electrons. The SMILES string of the molecule is CCS(=O)C1CCCCC1NC(=O)N(C)CC(O)C(F)(F)F. The first-order chi connectivity index (χ1) is 10.2. The van der Waals surface area contributed by atoms with Crippen molar-refractivity contribution < 1.29 is 27.3 Å². The monoisotopic (exact) mass is 344 g/mol. The molecule has 1 rings (SSSR count). The van der Waals surface area contributed by atoms with Crippen LogP contribution in [-0.2, 0) is 10.8 Å². The first-order valence-corrected chi connectivity index (χ1v) is 8.68. The highest BCUT2D eigenvalue weighted by Crippen LogP contribution is 2.24. The predicted molar refractivity (Wildman–Crippen MR) is 78.0 cm³/mol. The van der Waals surface area contributed by atoms with Crippen LogP contribution in [0.5, 0.6) is 0 Å². The van der Waals surface area contributed by atoms with E-state index in [2.05, 4.69) is 5.32 Å². The summed E-state index contributed by atoms with van der Waals surface area (Å²) in [5.74, 6) is 0.486.